The van der Waals surface area contributed by atoms with Gasteiger partial charge in [0.1, 0.15) is 22.8 Å². The van der Waals surface area contributed by atoms with Gasteiger partial charge in [0.05, 0.1) is 7.11 Å². The Morgan fingerprint density at radius 2 is 1.89 bits per heavy atom. The van der Waals surface area contributed by atoms with Gasteiger partial charge in [-0.3, -0.25) is 4.79 Å². The number of halogens is 1. The summed E-state index contributed by atoms with van der Waals surface area (Å²) < 4.78 is 16.9. The number of carbonyl (C=O) groups is 1. The molecule has 3 aromatic carbocycles. The topological polar surface area (TPSA) is 77.5 Å². The maximum atomic E-state index is 12.5. The molecule has 2 aromatic heterocycles. The summed E-state index contributed by atoms with van der Waals surface area (Å²) in [7, 11) is 1.60. The number of hydrogen-bond donors (Lipinski definition) is 1. The van der Waals surface area contributed by atoms with Gasteiger partial charge >= 0.3 is 0 Å². The van der Waals surface area contributed by atoms with Crippen molar-refractivity contribution >= 4 is 40.4 Å². The summed E-state index contributed by atoms with van der Waals surface area (Å²) >= 11 is 6.21. The number of hydrogen-bond acceptors (Lipinski definition) is 5. The van der Waals surface area contributed by atoms with Gasteiger partial charge in [-0.2, -0.15) is 0 Å². The van der Waals surface area contributed by atoms with Crippen molar-refractivity contribution in [1.82, 2.24) is 4.98 Å². The molecule has 0 aliphatic rings. The maximum absolute atomic E-state index is 12.5. The van der Waals surface area contributed by atoms with E-state index in [9.17, 15) is 4.79 Å². The molecule has 0 radical (unpaired) electrons. The molecule has 0 bridgehead atoms. The van der Waals surface area contributed by atoms with Crippen LogP contribution >= 0.6 is 11.6 Å². The third kappa shape index (κ3) is 4.98. The molecule has 0 spiro atoms. The van der Waals surface area contributed by atoms with E-state index in [1.165, 1.54) is 6.08 Å². The van der Waals surface area contributed by atoms with Crippen LogP contribution in [0.3, 0.4) is 0 Å². The minimum atomic E-state index is -0.291. The number of oxazole rings is 1. The molecule has 0 fully saturated rings. The van der Waals surface area contributed by atoms with Crippen molar-refractivity contribution in [1.29, 1.82) is 0 Å². The number of aromatic nitrogens is 1. The molecular weight excluding hydrogens is 464 g/mol. The highest BCUT2D eigenvalue weighted by atomic mass is 35.5. The average molecular weight is 485 g/mol. The first-order valence-electron chi connectivity index (χ1n) is 10.9. The molecule has 0 saturated heterocycles. The Morgan fingerprint density at radius 3 is 2.71 bits per heavy atom. The number of furan rings is 1. The number of methoxy groups -OCH3 is 1. The quantitative estimate of drug-likeness (QED) is 0.254. The number of nitrogens with one attached hydrogen (secondary N) is 1. The standard InChI is InChI=1S/C28H21ClN2O4/c1-17-6-7-18(15-23(17)29)25-11-8-21(34-25)10-13-27(32)30-20-5-3-4-19(14-20)28-31-24-16-22(33-2)9-12-26(24)35-28/h3-16H,1-2H3,(H,30,32)/b13-10+. The molecule has 174 valence electrons. The second-order valence-corrected chi connectivity index (χ2v) is 8.33. The number of amides is 1. The van der Waals surface area contributed by atoms with E-state index < -0.39 is 0 Å². The fourth-order valence-corrected chi connectivity index (χ4v) is 3.75. The average Bonchev–Trinajstić information content (AvgIpc) is 3.51. The Labute approximate surface area is 206 Å². The Balaban J connectivity index is 1.28. The lowest BCUT2D eigenvalue weighted by atomic mass is 10.1. The van der Waals surface area contributed by atoms with Crippen LogP contribution in [0.4, 0.5) is 5.69 Å². The van der Waals surface area contributed by atoms with Crippen molar-refractivity contribution in [2.75, 3.05) is 12.4 Å². The number of anilines is 1. The first kappa shape index (κ1) is 22.5. The molecule has 0 aliphatic heterocycles. The van der Waals surface area contributed by atoms with Crippen molar-refractivity contribution < 1.29 is 18.4 Å². The molecule has 0 unspecified atom stereocenters. The molecule has 6 nitrogen and oxygen atoms in total. The van der Waals surface area contributed by atoms with Crippen molar-refractivity contribution in [3.8, 4) is 28.5 Å². The second-order valence-electron chi connectivity index (χ2n) is 7.92. The Morgan fingerprint density at radius 1 is 1.00 bits per heavy atom. The SMILES string of the molecule is COc1ccc2oc(-c3cccc(NC(=O)/C=C/c4ccc(-c5ccc(C)c(Cl)c5)o4)c3)nc2c1. The van der Waals surface area contributed by atoms with E-state index in [0.717, 1.165) is 16.7 Å². The number of rotatable bonds is 6. The number of nitrogens with zero attached hydrogens (tertiary/aromatic N) is 1. The van der Waals surface area contributed by atoms with Gasteiger partial charge in [0.15, 0.2) is 5.58 Å². The first-order chi connectivity index (χ1) is 17.0. The zero-order valence-electron chi connectivity index (χ0n) is 19.0. The predicted molar refractivity (Wildman–Crippen MR) is 138 cm³/mol. The second kappa shape index (κ2) is 9.52. The monoisotopic (exact) mass is 484 g/mol. The van der Waals surface area contributed by atoms with Gasteiger partial charge in [-0.15, -0.1) is 0 Å². The third-order valence-corrected chi connectivity index (χ3v) is 5.86. The van der Waals surface area contributed by atoms with Crippen molar-refractivity contribution in [2.24, 2.45) is 0 Å². The van der Waals surface area contributed by atoms with E-state index in [1.54, 1.807) is 31.4 Å². The van der Waals surface area contributed by atoms with Gasteiger partial charge in [0, 0.05) is 34.0 Å². The van der Waals surface area contributed by atoms with Crippen LogP contribution in [0.2, 0.25) is 5.02 Å². The van der Waals surface area contributed by atoms with Gasteiger partial charge in [0.25, 0.3) is 0 Å². The Hall–Kier alpha value is -4.29. The minimum absolute atomic E-state index is 0.291. The normalized spacial score (nSPS) is 11.3. The largest absolute Gasteiger partial charge is 0.497 e. The summed E-state index contributed by atoms with van der Waals surface area (Å²) in [5, 5.41) is 3.53. The number of fused-ring (bicyclic) bond motifs is 1. The van der Waals surface area contributed by atoms with E-state index >= 15 is 0 Å². The smallest absolute Gasteiger partial charge is 0.248 e. The fourth-order valence-electron chi connectivity index (χ4n) is 3.57. The molecule has 5 aromatic rings. The van der Waals surface area contributed by atoms with Crippen molar-refractivity contribution in [2.45, 2.75) is 6.92 Å². The van der Waals surface area contributed by atoms with E-state index in [1.807, 2.05) is 61.5 Å². The molecule has 7 heteroatoms. The Kier molecular flexibility index (Phi) is 6.12. The Bertz CT molecular complexity index is 1560. The van der Waals surface area contributed by atoms with E-state index in [4.69, 9.17) is 25.2 Å². The molecule has 5 rings (SSSR count). The number of benzene rings is 3. The highest BCUT2D eigenvalue weighted by Crippen LogP contribution is 2.29. The van der Waals surface area contributed by atoms with Crippen LogP contribution in [0, 0.1) is 6.92 Å². The summed E-state index contributed by atoms with van der Waals surface area (Å²) in [6.45, 7) is 1.95. The molecule has 1 N–H and O–H groups in total. The van der Waals surface area contributed by atoms with Crippen molar-refractivity contribution in [3.63, 3.8) is 0 Å². The van der Waals surface area contributed by atoms with E-state index in [2.05, 4.69) is 10.3 Å². The molecule has 0 aliphatic carbocycles. The van der Waals surface area contributed by atoms with Crippen LogP contribution in [0.25, 0.3) is 40.0 Å². The molecule has 0 atom stereocenters. The third-order valence-electron chi connectivity index (χ3n) is 5.45. The van der Waals surface area contributed by atoms with Gasteiger partial charge in [-0.1, -0.05) is 29.8 Å². The van der Waals surface area contributed by atoms with Crippen LogP contribution in [0.15, 0.2) is 87.7 Å². The van der Waals surface area contributed by atoms with Gasteiger partial charge in [-0.05, 0) is 67.1 Å². The molecule has 2 heterocycles. The van der Waals surface area contributed by atoms with Crippen molar-refractivity contribution in [3.05, 3.63) is 95.2 Å². The molecule has 1 amide bonds. The number of aryl methyl sites for hydroxylation is 1. The van der Waals surface area contributed by atoms with Gasteiger partial charge < -0.3 is 18.9 Å². The zero-order valence-corrected chi connectivity index (χ0v) is 19.8. The lowest BCUT2D eigenvalue weighted by Crippen LogP contribution is -2.07. The van der Waals surface area contributed by atoms with Crippen LogP contribution in [0.1, 0.15) is 11.3 Å². The predicted octanol–water partition coefficient (Wildman–Crippen LogP) is 7.38. The van der Waals surface area contributed by atoms with Gasteiger partial charge in [-0.25, -0.2) is 4.98 Å². The summed E-state index contributed by atoms with van der Waals surface area (Å²) in [5.41, 5.74) is 4.59. The maximum Gasteiger partial charge on any atom is 0.248 e. The van der Waals surface area contributed by atoms with Crippen LogP contribution in [-0.2, 0) is 4.79 Å². The zero-order chi connectivity index (χ0) is 24.4. The summed E-state index contributed by atoms with van der Waals surface area (Å²) in [6, 6.07) is 22.1. The van der Waals surface area contributed by atoms with Crippen LogP contribution in [-0.4, -0.2) is 18.0 Å². The molecular formula is C28H21ClN2O4. The lowest BCUT2D eigenvalue weighted by molar-refractivity contribution is -0.111. The summed E-state index contributed by atoms with van der Waals surface area (Å²) in [4.78, 5) is 17.0. The molecule has 35 heavy (non-hydrogen) atoms. The van der Waals surface area contributed by atoms with E-state index in [-0.39, 0.29) is 5.91 Å². The summed E-state index contributed by atoms with van der Waals surface area (Å²) in [5.74, 6) is 2.11. The fraction of sp³-hybridized carbons (Fsp3) is 0.0714. The number of ether oxygens (including phenoxy) is 1. The van der Waals surface area contributed by atoms with Crippen LogP contribution in [0.5, 0.6) is 5.75 Å². The highest BCUT2D eigenvalue weighted by Gasteiger charge is 2.11. The van der Waals surface area contributed by atoms with E-state index in [0.29, 0.717) is 45.0 Å². The number of carbonyl (C=O) groups excluding carboxylic acids is 1. The van der Waals surface area contributed by atoms with Gasteiger partial charge in [0.2, 0.25) is 11.8 Å². The van der Waals surface area contributed by atoms with Crippen LogP contribution < -0.4 is 10.1 Å². The first-order valence-corrected chi connectivity index (χ1v) is 11.3. The summed E-state index contributed by atoms with van der Waals surface area (Å²) in [6.07, 6.45) is 3.04. The highest BCUT2D eigenvalue weighted by molar-refractivity contribution is 6.31. The molecule has 0 saturated carbocycles. The minimum Gasteiger partial charge on any atom is -0.497 e. The lowest BCUT2D eigenvalue weighted by Gasteiger charge is -2.03.